The minimum atomic E-state index is -1.01. The van der Waals surface area contributed by atoms with Crippen LogP contribution in [-0.4, -0.2) is 11.9 Å². The molecule has 0 atom stereocenters. The molecule has 0 aliphatic rings. The maximum absolute atomic E-state index is 9.91. The van der Waals surface area contributed by atoms with Crippen molar-refractivity contribution in [2.45, 2.75) is 41.5 Å². The van der Waals surface area contributed by atoms with E-state index in [0.29, 0.717) is 0 Å². The first-order valence-corrected chi connectivity index (χ1v) is 4.32. The molecule has 0 saturated heterocycles. The van der Waals surface area contributed by atoms with E-state index in [2.05, 4.69) is 0 Å². The Bertz CT molecular complexity index is 186. The summed E-state index contributed by atoms with van der Waals surface area (Å²) in [7, 11) is 0. The predicted molar refractivity (Wildman–Crippen MR) is 48.9 cm³/mol. The van der Waals surface area contributed by atoms with E-state index in [-0.39, 0.29) is 26.2 Å². The normalized spacial score (nSPS) is 10.5. The monoisotopic (exact) mass is 292 g/mol. The van der Waals surface area contributed by atoms with Gasteiger partial charge in [0.15, 0.2) is 0 Å². The van der Waals surface area contributed by atoms with Gasteiger partial charge >= 0.3 is 26.2 Å². The molecule has 0 aromatic rings. The Kier molecular flexibility index (Phi) is 9.67. The SMILES string of the molecule is CC(C)(C)C(=O)[O-].CC(C)(C)C(=O)[O-].[Zr+2]. The molecule has 0 radical (unpaired) electrons. The number of carbonyl (C=O) groups excluding carboxylic acids is 2. The van der Waals surface area contributed by atoms with E-state index in [1.54, 1.807) is 41.5 Å². The molecule has 0 amide bonds. The van der Waals surface area contributed by atoms with Crippen molar-refractivity contribution >= 4 is 11.9 Å². The van der Waals surface area contributed by atoms with E-state index >= 15 is 0 Å². The van der Waals surface area contributed by atoms with Crippen molar-refractivity contribution in [2.75, 3.05) is 0 Å². The van der Waals surface area contributed by atoms with Gasteiger partial charge in [-0.15, -0.1) is 0 Å². The number of aliphatic carboxylic acids is 2. The molecule has 86 valence electrons. The molecular weight excluding hydrogens is 275 g/mol. The third-order valence-corrected chi connectivity index (χ3v) is 1.22. The van der Waals surface area contributed by atoms with Gasteiger partial charge in [0.25, 0.3) is 0 Å². The topological polar surface area (TPSA) is 80.3 Å². The fourth-order valence-corrected chi connectivity index (χ4v) is 0. The van der Waals surface area contributed by atoms with Crippen molar-refractivity contribution in [1.82, 2.24) is 0 Å². The summed E-state index contributed by atoms with van der Waals surface area (Å²) >= 11 is 0. The van der Waals surface area contributed by atoms with Crippen molar-refractivity contribution in [3.8, 4) is 0 Å². The summed E-state index contributed by atoms with van der Waals surface area (Å²) in [5.74, 6) is -2.01. The van der Waals surface area contributed by atoms with Gasteiger partial charge < -0.3 is 19.8 Å². The van der Waals surface area contributed by atoms with Crippen LogP contribution in [-0.2, 0) is 35.8 Å². The number of carbonyl (C=O) groups is 2. The van der Waals surface area contributed by atoms with Crippen LogP contribution in [0, 0.1) is 10.8 Å². The van der Waals surface area contributed by atoms with Gasteiger partial charge in [-0.1, -0.05) is 41.5 Å². The summed E-state index contributed by atoms with van der Waals surface area (Å²) in [5, 5.41) is 19.8. The summed E-state index contributed by atoms with van der Waals surface area (Å²) in [6.45, 7) is 9.60. The first-order chi connectivity index (χ1) is 5.89. The average molecular weight is 293 g/mol. The zero-order valence-corrected chi connectivity index (χ0v) is 12.6. The van der Waals surface area contributed by atoms with Crippen molar-refractivity contribution in [3.05, 3.63) is 0 Å². The number of carboxylic acid groups (broad SMARTS) is 2. The number of carboxylic acids is 2. The Labute approximate surface area is 110 Å². The second kappa shape index (κ2) is 7.16. The molecule has 0 aliphatic carbocycles. The van der Waals surface area contributed by atoms with Crippen LogP contribution in [0.3, 0.4) is 0 Å². The summed E-state index contributed by atoms with van der Waals surface area (Å²) < 4.78 is 0. The number of hydrogen-bond acceptors (Lipinski definition) is 4. The standard InChI is InChI=1S/2C5H10O2.Zr/c2*1-5(2,3)4(6)7;/h2*1-3H3,(H,6,7);/q;;+2/p-2. The Morgan fingerprint density at radius 3 is 0.800 bits per heavy atom. The zero-order chi connectivity index (χ0) is 12.2. The number of hydrogen-bond donors (Lipinski definition) is 0. The summed E-state index contributed by atoms with van der Waals surface area (Å²) in [6, 6.07) is 0. The Morgan fingerprint density at radius 1 is 0.733 bits per heavy atom. The first-order valence-electron chi connectivity index (χ1n) is 4.32. The van der Waals surface area contributed by atoms with E-state index in [1.807, 2.05) is 0 Å². The summed E-state index contributed by atoms with van der Waals surface area (Å²) in [5.41, 5.74) is -1.39. The van der Waals surface area contributed by atoms with Crippen molar-refractivity contribution in [1.29, 1.82) is 0 Å². The van der Waals surface area contributed by atoms with E-state index in [9.17, 15) is 19.8 Å². The average Bonchev–Trinajstić information content (AvgIpc) is 1.83. The fourth-order valence-electron chi connectivity index (χ4n) is 0. The van der Waals surface area contributed by atoms with Crippen LogP contribution in [0.15, 0.2) is 0 Å². The molecule has 0 aromatic heterocycles. The van der Waals surface area contributed by atoms with Gasteiger partial charge in [-0.2, -0.15) is 0 Å². The van der Waals surface area contributed by atoms with Gasteiger partial charge in [-0.3, -0.25) is 0 Å². The van der Waals surface area contributed by atoms with Crippen LogP contribution in [0.1, 0.15) is 41.5 Å². The first kappa shape index (κ1) is 20.3. The molecule has 0 saturated carbocycles. The maximum Gasteiger partial charge on any atom is 2.00 e. The van der Waals surface area contributed by atoms with Gasteiger partial charge in [0.1, 0.15) is 0 Å². The smallest absolute Gasteiger partial charge is 0.550 e. The van der Waals surface area contributed by atoms with Crippen LogP contribution >= 0.6 is 0 Å². The molecule has 0 fully saturated rings. The maximum atomic E-state index is 9.91. The van der Waals surface area contributed by atoms with E-state index in [0.717, 1.165) is 0 Å². The molecule has 4 nitrogen and oxygen atoms in total. The molecule has 5 heteroatoms. The summed E-state index contributed by atoms with van der Waals surface area (Å²) in [4.78, 5) is 19.8. The Balaban J connectivity index is -0.000000180. The second-order valence-corrected chi connectivity index (χ2v) is 5.07. The van der Waals surface area contributed by atoms with Gasteiger partial charge in [-0.25, -0.2) is 0 Å². The minimum absolute atomic E-state index is 0. The van der Waals surface area contributed by atoms with Crippen molar-refractivity contribution in [3.63, 3.8) is 0 Å². The van der Waals surface area contributed by atoms with Crippen LogP contribution < -0.4 is 10.2 Å². The minimum Gasteiger partial charge on any atom is -0.550 e. The van der Waals surface area contributed by atoms with E-state index in [4.69, 9.17) is 0 Å². The number of rotatable bonds is 0. The van der Waals surface area contributed by atoms with Crippen LogP contribution in [0.5, 0.6) is 0 Å². The predicted octanol–water partition coefficient (Wildman–Crippen LogP) is -0.438. The van der Waals surface area contributed by atoms with Gasteiger partial charge in [0.05, 0.1) is 0 Å². The van der Waals surface area contributed by atoms with Crippen molar-refractivity contribution in [2.24, 2.45) is 10.8 Å². The molecule has 0 rings (SSSR count). The molecule has 0 N–H and O–H groups in total. The van der Waals surface area contributed by atoms with E-state index in [1.165, 1.54) is 0 Å². The largest absolute Gasteiger partial charge is 2.00 e. The van der Waals surface area contributed by atoms with Crippen molar-refractivity contribution < 1.29 is 46.0 Å². The molecule has 0 unspecified atom stereocenters. The molecule has 0 bridgehead atoms. The molecule has 0 heterocycles. The third kappa shape index (κ3) is 13.8. The van der Waals surface area contributed by atoms with Crippen LogP contribution in [0.2, 0.25) is 0 Å². The quantitative estimate of drug-likeness (QED) is 0.606. The second-order valence-electron chi connectivity index (χ2n) is 5.07. The molecule has 0 aliphatic heterocycles. The van der Waals surface area contributed by atoms with Gasteiger partial charge in [0, 0.05) is 22.8 Å². The molecule has 0 aromatic carbocycles. The molecular formula is C10H18O4Zr. The molecule has 0 spiro atoms. The third-order valence-electron chi connectivity index (χ3n) is 1.22. The van der Waals surface area contributed by atoms with Crippen LogP contribution in [0.4, 0.5) is 0 Å². The zero-order valence-electron chi connectivity index (χ0n) is 10.1. The Morgan fingerprint density at radius 2 is 0.800 bits per heavy atom. The van der Waals surface area contributed by atoms with Gasteiger partial charge in [-0.05, 0) is 0 Å². The Hall–Kier alpha value is -0.177. The van der Waals surface area contributed by atoms with Gasteiger partial charge in [0.2, 0.25) is 0 Å². The molecule has 15 heavy (non-hydrogen) atoms. The summed E-state index contributed by atoms with van der Waals surface area (Å²) in [6.07, 6.45) is 0. The van der Waals surface area contributed by atoms with Crippen LogP contribution in [0.25, 0.3) is 0 Å². The fraction of sp³-hybridized carbons (Fsp3) is 0.800. The van der Waals surface area contributed by atoms with E-state index < -0.39 is 22.8 Å².